The van der Waals surface area contributed by atoms with Crippen molar-refractivity contribution in [1.82, 2.24) is 0 Å². The Morgan fingerprint density at radius 2 is 1.79 bits per heavy atom. The summed E-state index contributed by atoms with van der Waals surface area (Å²) in [5.74, 6) is -2.00. The number of phenolic OH excluding ortho intramolecular Hbond substituents is 1. The predicted octanol–water partition coefficient (Wildman–Crippen LogP) is 3.39. The van der Waals surface area contributed by atoms with E-state index in [1.54, 1.807) is 31.2 Å². The first-order valence-electron chi connectivity index (χ1n) is 5.80. The smallest absolute Gasteiger partial charge is 0.310 e. The maximum Gasteiger partial charge on any atom is 0.310 e. The first-order valence-corrected chi connectivity index (χ1v) is 5.80. The van der Waals surface area contributed by atoms with Crippen LogP contribution in [0.1, 0.15) is 18.4 Å². The van der Waals surface area contributed by atoms with E-state index in [0.29, 0.717) is 16.7 Å². The molecule has 0 aliphatic heterocycles. The molecule has 1 unspecified atom stereocenters. The summed E-state index contributed by atoms with van der Waals surface area (Å²) in [5, 5.41) is 18.9. The van der Waals surface area contributed by atoms with E-state index in [-0.39, 0.29) is 11.6 Å². The Hall–Kier alpha value is -2.36. The third-order valence-corrected chi connectivity index (χ3v) is 3.05. The molecular weight excluding hydrogens is 247 g/mol. The lowest BCUT2D eigenvalue weighted by atomic mass is 9.96. The normalized spacial score (nSPS) is 12.1. The van der Waals surface area contributed by atoms with Gasteiger partial charge in [-0.1, -0.05) is 24.3 Å². The molecule has 3 nitrogen and oxygen atoms in total. The molecule has 0 aliphatic rings. The zero-order valence-corrected chi connectivity index (χ0v) is 10.3. The Labute approximate surface area is 109 Å². The Bertz CT molecular complexity index is 605. The molecule has 0 fully saturated rings. The van der Waals surface area contributed by atoms with Gasteiger partial charge in [0, 0.05) is 5.56 Å². The maximum atomic E-state index is 12.8. The van der Waals surface area contributed by atoms with Crippen molar-refractivity contribution in [1.29, 1.82) is 0 Å². The minimum Gasteiger partial charge on any atom is -0.507 e. The van der Waals surface area contributed by atoms with Crippen LogP contribution in [-0.2, 0) is 4.79 Å². The van der Waals surface area contributed by atoms with E-state index in [1.165, 1.54) is 18.2 Å². The highest BCUT2D eigenvalue weighted by atomic mass is 19.1. The molecule has 98 valence electrons. The van der Waals surface area contributed by atoms with Gasteiger partial charge < -0.3 is 10.2 Å². The van der Waals surface area contributed by atoms with E-state index >= 15 is 0 Å². The Kier molecular flexibility index (Phi) is 3.51. The number of phenols is 1. The van der Waals surface area contributed by atoms with Crippen molar-refractivity contribution >= 4 is 5.97 Å². The molecule has 0 radical (unpaired) electrons. The number of rotatable bonds is 3. The van der Waals surface area contributed by atoms with Gasteiger partial charge in [0.25, 0.3) is 0 Å². The van der Waals surface area contributed by atoms with Gasteiger partial charge in [-0.25, -0.2) is 4.39 Å². The van der Waals surface area contributed by atoms with Crippen LogP contribution in [0.3, 0.4) is 0 Å². The molecule has 0 aromatic heterocycles. The summed E-state index contributed by atoms with van der Waals surface area (Å²) in [4.78, 5) is 10.9. The number of hydrogen-bond acceptors (Lipinski definition) is 2. The second kappa shape index (κ2) is 5.10. The lowest BCUT2D eigenvalue weighted by Crippen LogP contribution is -2.07. The predicted molar refractivity (Wildman–Crippen MR) is 69.6 cm³/mol. The summed E-state index contributed by atoms with van der Waals surface area (Å²) >= 11 is 0. The third-order valence-electron chi connectivity index (χ3n) is 3.05. The maximum absolute atomic E-state index is 12.8. The highest BCUT2D eigenvalue weighted by molar-refractivity contribution is 5.77. The number of carbonyl (C=O) groups is 1. The SMILES string of the molecule is CC(C(=O)O)c1ccc(-c2ccc(F)cc2)c(O)c1. The number of aromatic hydroxyl groups is 1. The molecule has 0 saturated carbocycles. The summed E-state index contributed by atoms with van der Waals surface area (Å²) in [5.41, 5.74) is 1.74. The number of benzene rings is 2. The van der Waals surface area contributed by atoms with Crippen LogP contribution >= 0.6 is 0 Å². The summed E-state index contributed by atoms with van der Waals surface area (Å²) in [6.07, 6.45) is 0. The molecule has 4 heteroatoms. The van der Waals surface area contributed by atoms with Gasteiger partial charge in [0.2, 0.25) is 0 Å². The summed E-state index contributed by atoms with van der Waals surface area (Å²) in [6.45, 7) is 1.55. The van der Waals surface area contributed by atoms with Crippen LogP contribution in [0.4, 0.5) is 4.39 Å². The van der Waals surface area contributed by atoms with Gasteiger partial charge in [0.1, 0.15) is 11.6 Å². The Balaban J connectivity index is 2.39. The molecule has 0 bridgehead atoms. The lowest BCUT2D eigenvalue weighted by molar-refractivity contribution is -0.138. The molecule has 0 saturated heterocycles. The van der Waals surface area contributed by atoms with Crippen molar-refractivity contribution in [3.05, 3.63) is 53.8 Å². The summed E-state index contributed by atoms with van der Waals surface area (Å²) in [6, 6.07) is 10.5. The molecule has 0 spiro atoms. The Morgan fingerprint density at radius 3 is 2.32 bits per heavy atom. The quantitative estimate of drug-likeness (QED) is 0.889. The average Bonchev–Trinajstić information content (AvgIpc) is 2.39. The molecule has 0 amide bonds. The van der Waals surface area contributed by atoms with Crippen LogP contribution in [0.5, 0.6) is 5.75 Å². The van der Waals surface area contributed by atoms with Gasteiger partial charge >= 0.3 is 5.97 Å². The molecule has 1 atom stereocenters. The van der Waals surface area contributed by atoms with Crippen molar-refractivity contribution in [2.75, 3.05) is 0 Å². The monoisotopic (exact) mass is 260 g/mol. The highest BCUT2D eigenvalue weighted by Crippen LogP contribution is 2.32. The highest BCUT2D eigenvalue weighted by Gasteiger charge is 2.15. The number of hydrogen-bond donors (Lipinski definition) is 2. The van der Waals surface area contributed by atoms with E-state index < -0.39 is 11.9 Å². The minimum absolute atomic E-state index is 0.0165. The van der Waals surface area contributed by atoms with Gasteiger partial charge in [0.05, 0.1) is 5.92 Å². The average molecular weight is 260 g/mol. The molecule has 2 aromatic carbocycles. The zero-order chi connectivity index (χ0) is 14.0. The second-order valence-corrected chi connectivity index (χ2v) is 4.34. The van der Waals surface area contributed by atoms with Crippen molar-refractivity contribution in [3.8, 4) is 16.9 Å². The number of halogens is 1. The van der Waals surface area contributed by atoms with Crippen LogP contribution in [0, 0.1) is 5.82 Å². The van der Waals surface area contributed by atoms with E-state index in [9.17, 15) is 14.3 Å². The zero-order valence-electron chi connectivity index (χ0n) is 10.3. The Morgan fingerprint density at radius 1 is 1.16 bits per heavy atom. The topological polar surface area (TPSA) is 57.5 Å². The van der Waals surface area contributed by atoms with Crippen molar-refractivity contribution < 1.29 is 19.4 Å². The van der Waals surface area contributed by atoms with E-state index in [1.807, 2.05) is 0 Å². The van der Waals surface area contributed by atoms with Gasteiger partial charge in [-0.2, -0.15) is 0 Å². The van der Waals surface area contributed by atoms with Crippen molar-refractivity contribution in [3.63, 3.8) is 0 Å². The summed E-state index contributed by atoms with van der Waals surface area (Å²) < 4.78 is 12.8. The molecule has 2 rings (SSSR count). The van der Waals surface area contributed by atoms with Gasteiger partial charge in [-0.05, 0) is 36.2 Å². The fourth-order valence-corrected chi connectivity index (χ4v) is 1.83. The number of aliphatic carboxylic acids is 1. The van der Waals surface area contributed by atoms with E-state index in [4.69, 9.17) is 5.11 Å². The van der Waals surface area contributed by atoms with Crippen LogP contribution in [-0.4, -0.2) is 16.2 Å². The largest absolute Gasteiger partial charge is 0.507 e. The van der Waals surface area contributed by atoms with Crippen molar-refractivity contribution in [2.24, 2.45) is 0 Å². The molecule has 2 N–H and O–H groups in total. The first-order chi connectivity index (χ1) is 8.99. The second-order valence-electron chi connectivity index (χ2n) is 4.34. The van der Waals surface area contributed by atoms with Crippen LogP contribution in [0.2, 0.25) is 0 Å². The molecule has 19 heavy (non-hydrogen) atoms. The molecule has 0 heterocycles. The van der Waals surface area contributed by atoms with E-state index in [2.05, 4.69) is 0 Å². The van der Waals surface area contributed by atoms with Crippen LogP contribution < -0.4 is 0 Å². The summed E-state index contributed by atoms with van der Waals surface area (Å²) in [7, 11) is 0. The fourth-order valence-electron chi connectivity index (χ4n) is 1.83. The van der Waals surface area contributed by atoms with Crippen LogP contribution in [0.25, 0.3) is 11.1 Å². The minimum atomic E-state index is -0.950. The third kappa shape index (κ3) is 2.73. The molecule has 0 aliphatic carbocycles. The van der Waals surface area contributed by atoms with Crippen LogP contribution in [0.15, 0.2) is 42.5 Å². The van der Waals surface area contributed by atoms with E-state index in [0.717, 1.165) is 0 Å². The van der Waals surface area contributed by atoms with Gasteiger partial charge in [-0.15, -0.1) is 0 Å². The standard InChI is InChI=1S/C15H13FO3/c1-9(15(18)19)11-4-7-13(14(17)8-11)10-2-5-12(16)6-3-10/h2-9,17H,1H3,(H,18,19). The van der Waals surface area contributed by atoms with Crippen molar-refractivity contribution in [2.45, 2.75) is 12.8 Å². The number of carboxylic acids is 1. The van der Waals surface area contributed by atoms with Gasteiger partial charge in [0.15, 0.2) is 0 Å². The van der Waals surface area contributed by atoms with Gasteiger partial charge in [-0.3, -0.25) is 4.79 Å². The number of carboxylic acid groups (broad SMARTS) is 1. The fraction of sp³-hybridized carbons (Fsp3) is 0.133. The first kappa shape index (κ1) is 13.1. The molecule has 2 aromatic rings. The molecular formula is C15H13FO3. The lowest BCUT2D eigenvalue weighted by Gasteiger charge is -2.10.